The fraction of sp³-hybridized carbons (Fsp3) is 0.118. The molecule has 1 amide bonds. The van der Waals surface area contributed by atoms with Gasteiger partial charge >= 0.3 is 0 Å². The Balaban J connectivity index is 1.68. The van der Waals surface area contributed by atoms with Gasteiger partial charge in [0.2, 0.25) is 11.1 Å². The second-order valence-corrected chi connectivity index (χ2v) is 7.04. The third kappa shape index (κ3) is 4.76. The van der Waals surface area contributed by atoms with E-state index in [-0.39, 0.29) is 22.2 Å². The van der Waals surface area contributed by atoms with Crippen LogP contribution in [0, 0.1) is 10.1 Å². The van der Waals surface area contributed by atoms with Crippen LogP contribution in [0.3, 0.4) is 0 Å². The minimum atomic E-state index is -0.600. The minimum Gasteiger partial charge on any atom is -0.497 e. The summed E-state index contributed by atoms with van der Waals surface area (Å²) in [5.74, 6) is 6.58. The highest BCUT2D eigenvalue weighted by Gasteiger charge is 2.18. The van der Waals surface area contributed by atoms with E-state index in [9.17, 15) is 14.9 Å². The summed E-state index contributed by atoms with van der Waals surface area (Å²) < 4.78 is 6.38. The summed E-state index contributed by atoms with van der Waals surface area (Å²) in [5.41, 5.74) is 0.490. The van der Waals surface area contributed by atoms with Crippen LogP contribution in [-0.2, 0) is 4.79 Å². The number of nitrogen functional groups attached to an aromatic ring is 1. The van der Waals surface area contributed by atoms with E-state index >= 15 is 0 Å². The second-order valence-electron chi connectivity index (χ2n) is 5.66. The van der Waals surface area contributed by atoms with E-state index in [1.807, 2.05) is 0 Å². The van der Waals surface area contributed by atoms with E-state index in [4.69, 9.17) is 22.2 Å². The minimum absolute atomic E-state index is 0.0150. The number of nitro benzene ring substituents is 1. The maximum atomic E-state index is 12.2. The van der Waals surface area contributed by atoms with Crippen molar-refractivity contribution in [2.24, 2.45) is 0 Å². The molecule has 0 saturated heterocycles. The van der Waals surface area contributed by atoms with Gasteiger partial charge < -0.3 is 15.9 Å². The van der Waals surface area contributed by atoms with E-state index in [0.29, 0.717) is 16.7 Å². The summed E-state index contributed by atoms with van der Waals surface area (Å²) >= 11 is 6.89. The van der Waals surface area contributed by atoms with Crippen LogP contribution in [0.4, 0.5) is 11.4 Å². The molecule has 0 aliphatic carbocycles. The predicted octanol–water partition coefficient (Wildman–Crippen LogP) is 2.96. The van der Waals surface area contributed by atoms with Crippen molar-refractivity contribution < 1.29 is 14.5 Å². The Morgan fingerprint density at radius 2 is 2.03 bits per heavy atom. The lowest BCUT2D eigenvalue weighted by Gasteiger charge is -2.07. The zero-order valence-corrected chi connectivity index (χ0v) is 16.6. The molecule has 12 heteroatoms. The lowest BCUT2D eigenvalue weighted by molar-refractivity contribution is -0.383. The van der Waals surface area contributed by atoms with Crippen molar-refractivity contribution >= 4 is 40.6 Å². The van der Waals surface area contributed by atoms with Crippen LogP contribution in [0.1, 0.15) is 0 Å². The first-order valence-corrected chi connectivity index (χ1v) is 9.47. The van der Waals surface area contributed by atoms with E-state index in [1.165, 1.54) is 22.9 Å². The Morgan fingerprint density at radius 1 is 1.31 bits per heavy atom. The van der Waals surface area contributed by atoms with E-state index in [1.54, 1.807) is 31.4 Å². The molecule has 1 aromatic heterocycles. The van der Waals surface area contributed by atoms with Gasteiger partial charge in [0.15, 0.2) is 5.82 Å². The summed E-state index contributed by atoms with van der Waals surface area (Å²) in [6, 6.07) is 11.0. The number of nitrogens with one attached hydrogen (secondary N) is 1. The van der Waals surface area contributed by atoms with Crippen molar-refractivity contribution in [3.8, 4) is 17.1 Å². The average Bonchev–Trinajstić information content (AvgIpc) is 3.06. The molecule has 0 unspecified atom stereocenters. The van der Waals surface area contributed by atoms with Gasteiger partial charge in [0.25, 0.3) is 5.69 Å². The summed E-state index contributed by atoms with van der Waals surface area (Å²) in [7, 11) is 1.57. The molecule has 0 fully saturated rings. The van der Waals surface area contributed by atoms with Crippen molar-refractivity contribution in [2.45, 2.75) is 5.16 Å². The molecule has 3 aromatic rings. The number of anilines is 1. The highest BCUT2D eigenvalue weighted by atomic mass is 35.5. The SMILES string of the molecule is COc1ccc(-c2nnc(SCC(=O)Nc3cc(Cl)ccc3[N+](=O)[O-])n2N)cc1. The molecule has 10 nitrogen and oxygen atoms in total. The molecule has 3 N–H and O–H groups in total. The van der Waals surface area contributed by atoms with Gasteiger partial charge in [-0.2, -0.15) is 0 Å². The van der Waals surface area contributed by atoms with Crippen LogP contribution >= 0.6 is 23.4 Å². The first-order chi connectivity index (χ1) is 13.9. The number of nitro groups is 1. The Kier molecular flexibility index (Phi) is 6.20. The van der Waals surface area contributed by atoms with E-state index in [2.05, 4.69) is 15.5 Å². The molecule has 0 atom stereocenters. The number of thioether (sulfide) groups is 1. The zero-order chi connectivity index (χ0) is 21.0. The standard InChI is InChI=1S/C17H15ClN6O4S/c1-28-12-5-2-10(3-6-12)16-21-22-17(23(16)19)29-9-15(25)20-13-8-11(18)4-7-14(13)24(26)27/h2-8H,9,19H2,1H3,(H,20,25). The smallest absolute Gasteiger partial charge is 0.292 e. The highest BCUT2D eigenvalue weighted by Crippen LogP contribution is 2.28. The zero-order valence-electron chi connectivity index (χ0n) is 15.0. The number of halogens is 1. The summed E-state index contributed by atoms with van der Waals surface area (Å²) in [6.07, 6.45) is 0. The number of rotatable bonds is 7. The quantitative estimate of drug-likeness (QED) is 0.250. The fourth-order valence-corrected chi connectivity index (χ4v) is 3.22. The van der Waals surface area contributed by atoms with E-state index in [0.717, 1.165) is 17.3 Å². The average molecular weight is 435 g/mol. The highest BCUT2D eigenvalue weighted by molar-refractivity contribution is 7.99. The summed E-state index contributed by atoms with van der Waals surface area (Å²) in [5, 5.41) is 22.2. The second kappa shape index (κ2) is 8.80. The largest absolute Gasteiger partial charge is 0.497 e. The molecule has 150 valence electrons. The number of aromatic nitrogens is 3. The van der Waals surface area contributed by atoms with Crippen molar-refractivity contribution in [3.05, 3.63) is 57.6 Å². The van der Waals surface area contributed by atoms with Crippen molar-refractivity contribution in [1.29, 1.82) is 0 Å². The lowest BCUT2D eigenvalue weighted by Crippen LogP contribution is -2.17. The first kappa shape index (κ1) is 20.4. The van der Waals surface area contributed by atoms with Gasteiger partial charge in [-0.25, -0.2) is 4.68 Å². The third-order valence-electron chi connectivity index (χ3n) is 3.77. The maximum Gasteiger partial charge on any atom is 0.292 e. The Labute approximate surface area is 174 Å². The molecule has 3 rings (SSSR count). The predicted molar refractivity (Wildman–Crippen MR) is 110 cm³/mol. The van der Waals surface area contributed by atoms with Gasteiger partial charge in [-0.15, -0.1) is 10.2 Å². The summed E-state index contributed by atoms with van der Waals surface area (Å²) in [6.45, 7) is 0. The number of carbonyl (C=O) groups is 1. The van der Waals surface area contributed by atoms with Gasteiger partial charge in [-0.05, 0) is 36.4 Å². The number of methoxy groups -OCH3 is 1. The Hall–Kier alpha value is -3.31. The normalized spacial score (nSPS) is 10.6. The topological polar surface area (TPSA) is 138 Å². The third-order valence-corrected chi connectivity index (χ3v) is 4.95. The summed E-state index contributed by atoms with van der Waals surface area (Å²) in [4.78, 5) is 22.7. The number of benzene rings is 2. The van der Waals surface area contributed by atoms with Gasteiger partial charge in [0, 0.05) is 16.7 Å². The van der Waals surface area contributed by atoms with Crippen LogP contribution in [0.5, 0.6) is 5.75 Å². The lowest BCUT2D eigenvalue weighted by atomic mass is 10.2. The van der Waals surface area contributed by atoms with Gasteiger partial charge in [-0.1, -0.05) is 23.4 Å². The molecule has 0 spiro atoms. The van der Waals surface area contributed by atoms with Crippen LogP contribution in [0.25, 0.3) is 11.4 Å². The molecular weight excluding hydrogens is 420 g/mol. The Bertz CT molecular complexity index is 1060. The Morgan fingerprint density at radius 3 is 2.69 bits per heavy atom. The maximum absolute atomic E-state index is 12.2. The molecule has 1 heterocycles. The number of hydrogen-bond acceptors (Lipinski definition) is 8. The first-order valence-electron chi connectivity index (χ1n) is 8.10. The number of carbonyl (C=O) groups excluding carboxylic acids is 1. The van der Waals surface area contributed by atoms with Crippen LogP contribution in [0.15, 0.2) is 47.6 Å². The van der Waals surface area contributed by atoms with Crippen LogP contribution in [0.2, 0.25) is 5.02 Å². The molecular formula is C17H15ClN6O4S. The van der Waals surface area contributed by atoms with Gasteiger partial charge in [0.1, 0.15) is 11.4 Å². The monoisotopic (exact) mass is 434 g/mol. The molecule has 0 saturated carbocycles. The molecule has 29 heavy (non-hydrogen) atoms. The number of nitrogens with two attached hydrogens (primary N) is 1. The van der Waals surface area contributed by atoms with Crippen molar-refractivity contribution in [2.75, 3.05) is 24.0 Å². The molecule has 2 aromatic carbocycles. The number of nitrogens with zero attached hydrogens (tertiary/aromatic N) is 4. The van der Waals surface area contributed by atoms with Crippen LogP contribution in [-0.4, -0.2) is 38.6 Å². The van der Waals surface area contributed by atoms with Crippen LogP contribution < -0.4 is 15.9 Å². The molecule has 0 aliphatic heterocycles. The molecule has 0 aliphatic rings. The van der Waals surface area contributed by atoms with E-state index < -0.39 is 10.8 Å². The molecule has 0 bridgehead atoms. The van der Waals surface area contributed by atoms with Crippen molar-refractivity contribution in [3.63, 3.8) is 0 Å². The number of hydrogen-bond donors (Lipinski definition) is 2. The number of amides is 1. The van der Waals surface area contributed by atoms with Crippen molar-refractivity contribution in [1.82, 2.24) is 14.9 Å². The fourth-order valence-electron chi connectivity index (χ4n) is 2.40. The van der Waals surface area contributed by atoms with Gasteiger partial charge in [-0.3, -0.25) is 14.9 Å². The number of ether oxygens (including phenoxy) is 1. The molecule has 0 radical (unpaired) electrons. The van der Waals surface area contributed by atoms with Gasteiger partial charge in [0.05, 0.1) is 17.8 Å².